The molecule has 11 atom stereocenters. The van der Waals surface area contributed by atoms with E-state index in [0.717, 1.165) is 64.1 Å². The molecule has 2 aliphatic rings. The molecule has 0 bridgehead atoms. The molecule has 7 amide bonds. The molecule has 0 aromatic carbocycles. The van der Waals surface area contributed by atoms with E-state index in [9.17, 15) is 48.3 Å². The van der Waals surface area contributed by atoms with E-state index in [1.165, 1.54) is 45.1 Å². The minimum atomic E-state index is -1.53. The first kappa shape index (κ1) is 62.5. The molecule has 406 valence electrons. The highest BCUT2D eigenvalue weighted by atomic mass is 16.5. The van der Waals surface area contributed by atoms with Gasteiger partial charge in [-0.25, -0.2) is 4.79 Å². The zero-order valence-corrected chi connectivity index (χ0v) is 44.6. The van der Waals surface area contributed by atoms with E-state index in [0.29, 0.717) is 32.1 Å². The van der Waals surface area contributed by atoms with Crippen molar-refractivity contribution in [3.63, 3.8) is 0 Å². The number of nitrogens with zero attached hydrogens (tertiary/aromatic N) is 1. The summed E-state index contributed by atoms with van der Waals surface area (Å²) in [6.45, 7) is 15.0. The molecule has 19 nitrogen and oxygen atoms in total. The Morgan fingerprint density at radius 2 is 1.10 bits per heavy atom. The van der Waals surface area contributed by atoms with Crippen molar-refractivity contribution in [2.24, 2.45) is 17.8 Å². The van der Waals surface area contributed by atoms with Crippen LogP contribution in [0.5, 0.6) is 0 Å². The van der Waals surface area contributed by atoms with Crippen molar-refractivity contribution in [1.29, 1.82) is 0 Å². The van der Waals surface area contributed by atoms with Gasteiger partial charge in [-0.2, -0.15) is 0 Å². The smallest absolute Gasteiger partial charge is 0.331 e. The van der Waals surface area contributed by atoms with E-state index in [1.54, 1.807) is 41.5 Å². The van der Waals surface area contributed by atoms with Crippen LogP contribution in [0, 0.1) is 17.8 Å². The van der Waals surface area contributed by atoms with E-state index in [-0.39, 0.29) is 13.0 Å². The third kappa shape index (κ3) is 21.5. The fourth-order valence-electron chi connectivity index (χ4n) is 9.00. The van der Waals surface area contributed by atoms with Crippen LogP contribution in [0.25, 0.3) is 0 Å². The Kier molecular flexibility index (Phi) is 29.2. The molecule has 0 aliphatic carbocycles. The molecular weight excluding hydrogens is 915 g/mol. The molecule has 0 spiro atoms. The lowest BCUT2D eigenvalue weighted by Crippen LogP contribution is -2.61. The van der Waals surface area contributed by atoms with Gasteiger partial charge in [-0.15, -0.1) is 0 Å². The van der Waals surface area contributed by atoms with Crippen LogP contribution in [-0.2, 0) is 52.6 Å². The van der Waals surface area contributed by atoms with Gasteiger partial charge < -0.3 is 56.2 Å². The molecule has 19 heteroatoms. The van der Waals surface area contributed by atoms with Crippen LogP contribution in [0.2, 0.25) is 0 Å². The molecule has 2 saturated heterocycles. The van der Waals surface area contributed by atoms with E-state index in [2.05, 4.69) is 31.9 Å². The van der Waals surface area contributed by atoms with Gasteiger partial charge in [0.1, 0.15) is 48.6 Å². The van der Waals surface area contributed by atoms with Gasteiger partial charge in [0, 0.05) is 20.1 Å². The Labute approximate surface area is 423 Å². The zero-order valence-electron chi connectivity index (χ0n) is 44.6. The predicted octanol–water partition coefficient (Wildman–Crippen LogP) is 4.05. The first-order chi connectivity index (χ1) is 33.7. The van der Waals surface area contributed by atoms with E-state index in [1.807, 2.05) is 6.92 Å². The van der Waals surface area contributed by atoms with Crippen LogP contribution in [0.1, 0.15) is 184 Å². The van der Waals surface area contributed by atoms with E-state index in [4.69, 9.17) is 9.47 Å². The number of nitrogens with one attached hydrogen (secondary N) is 6. The minimum Gasteiger partial charge on any atom is -0.460 e. The van der Waals surface area contributed by atoms with Crippen LogP contribution in [0.3, 0.4) is 0 Å². The van der Waals surface area contributed by atoms with E-state index < -0.39 is 132 Å². The van der Waals surface area contributed by atoms with Gasteiger partial charge in [0.25, 0.3) is 0 Å². The number of fused-ring (bicyclic) bond motifs is 1. The second-order valence-electron chi connectivity index (χ2n) is 20.6. The second-order valence-corrected chi connectivity index (χ2v) is 20.6. The van der Waals surface area contributed by atoms with Crippen molar-refractivity contribution in [2.75, 3.05) is 13.7 Å². The van der Waals surface area contributed by atoms with Gasteiger partial charge in [0.2, 0.25) is 41.4 Å². The van der Waals surface area contributed by atoms with Gasteiger partial charge in [-0.3, -0.25) is 33.6 Å². The van der Waals surface area contributed by atoms with Gasteiger partial charge in [-0.1, -0.05) is 119 Å². The van der Waals surface area contributed by atoms with Crippen LogP contribution >= 0.6 is 0 Å². The zero-order chi connectivity index (χ0) is 53.2. The number of carbonyl (C=O) groups is 9. The number of unbranched alkanes of at least 4 members (excludes halogenated alkanes) is 13. The van der Waals surface area contributed by atoms with Crippen molar-refractivity contribution in [1.82, 2.24) is 36.8 Å². The molecule has 2 rings (SSSR count). The van der Waals surface area contributed by atoms with Crippen LogP contribution in [-0.4, -0.2) is 138 Å². The molecule has 2 aliphatic heterocycles. The summed E-state index contributed by atoms with van der Waals surface area (Å²) in [4.78, 5) is 124. The highest BCUT2D eigenvalue weighted by Gasteiger charge is 2.41. The number of aldehydes is 1. The summed E-state index contributed by atoms with van der Waals surface area (Å²) in [6.07, 6.45) is 12.8. The summed E-state index contributed by atoms with van der Waals surface area (Å²) in [5.74, 6) is -7.06. The SMILES string of the molecule is CC[C@H](C)[C@H]1NC(=O)[C@H]2CCCN2C(=O)[C@H](C)NC(=O)[C@H](C(C)C)NC(=O)[C@H]([C@@H](C)O)NC(=O)C[C@@H](CCCCCCCCCCCCCCCC=O)OC(=O)[C@H]([C@@H](C)OC)NC(=O)[C@H](C(C)C)NC1=O. The maximum atomic E-state index is 14.2. The third-order valence-corrected chi connectivity index (χ3v) is 13.9. The number of carbonyl (C=O) groups excluding carboxylic acids is 9. The summed E-state index contributed by atoms with van der Waals surface area (Å²) in [6, 6.07) is -8.50. The third-order valence-electron chi connectivity index (χ3n) is 13.9. The Hall–Kier alpha value is -4.65. The topological polar surface area (TPSA) is 268 Å². The normalized spacial score (nSPS) is 26.4. The molecule has 7 N–H and O–H groups in total. The Morgan fingerprint density at radius 1 is 0.634 bits per heavy atom. The number of aliphatic hydroxyl groups is 1. The summed E-state index contributed by atoms with van der Waals surface area (Å²) < 4.78 is 11.5. The molecule has 0 radical (unpaired) electrons. The Balaban J connectivity index is 2.45. The average Bonchev–Trinajstić information content (AvgIpc) is 3.82. The summed E-state index contributed by atoms with van der Waals surface area (Å²) in [7, 11) is 1.36. The van der Waals surface area contributed by atoms with Crippen molar-refractivity contribution >= 4 is 53.6 Å². The number of ether oxygens (including phenoxy) is 2. The first-order valence-electron chi connectivity index (χ1n) is 26.6. The van der Waals surface area contributed by atoms with Crippen molar-refractivity contribution in [2.45, 2.75) is 245 Å². The summed E-state index contributed by atoms with van der Waals surface area (Å²) in [5, 5.41) is 27.0. The molecular formula is C52H91N7O12. The first-order valence-corrected chi connectivity index (χ1v) is 26.6. The number of aliphatic hydroxyl groups excluding tert-OH is 1. The van der Waals surface area contributed by atoms with Gasteiger partial charge in [-0.05, 0) is 70.6 Å². The fraction of sp³-hybridized carbons (Fsp3) is 0.827. The number of hydrogen-bond acceptors (Lipinski definition) is 12. The number of methoxy groups -OCH3 is 1. The highest BCUT2D eigenvalue weighted by Crippen LogP contribution is 2.22. The number of rotatable bonds is 23. The summed E-state index contributed by atoms with van der Waals surface area (Å²) >= 11 is 0. The molecule has 2 fully saturated rings. The molecule has 0 aromatic rings. The molecule has 0 unspecified atom stereocenters. The Morgan fingerprint density at radius 3 is 1.59 bits per heavy atom. The van der Waals surface area contributed by atoms with Crippen molar-refractivity contribution in [3.05, 3.63) is 0 Å². The maximum absolute atomic E-state index is 14.2. The minimum absolute atomic E-state index is 0.213. The lowest BCUT2D eigenvalue weighted by atomic mass is 9.96. The lowest BCUT2D eigenvalue weighted by molar-refractivity contribution is -0.158. The Bertz CT molecular complexity index is 1710. The monoisotopic (exact) mass is 1010 g/mol. The molecule has 0 aromatic heterocycles. The number of amides is 7. The molecule has 71 heavy (non-hydrogen) atoms. The van der Waals surface area contributed by atoms with Crippen LogP contribution in [0.4, 0.5) is 0 Å². The highest BCUT2D eigenvalue weighted by molar-refractivity contribution is 5.98. The van der Waals surface area contributed by atoms with Crippen LogP contribution in [0.15, 0.2) is 0 Å². The maximum Gasteiger partial charge on any atom is 0.331 e. The van der Waals surface area contributed by atoms with E-state index >= 15 is 0 Å². The van der Waals surface area contributed by atoms with Crippen molar-refractivity contribution in [3.8, 4) is 0 Å². The summed E-state index contributed by atoms with van der Waals surface area (Å²) in [5.41, 5.74) is 0. The van der Waals surface area contributed by atoms with Gasteiger partial charge in [0.15, 0.2) is 6.04 Å². The fourth-order valence-corrected chi connectivity index (χ4v) is 9.00. The largest absolute Gasteiger partial charge is 0.460 e. The number of hydrogen-bond donors (Lipinski definition) is 7. The lowest BCUT2D eigenvalue weighted by Gasteiger charge is -2.32. The quantitative estimate of drug-likeness (QED) is 0.0435. The molecule has 2 heterocycles. The van der Waals surface area contributed by atoms with Crippen LogP contribution < -0.4 is 31.9 Å². The standard InChI is InChI=1S/C52H91N7O12/c1-11-34(6)43-49(66)55-42(33(4)5)48(65)58-45(37(9)70-10)52(69)71-38(27-24-22-20-18-16-14-12-13-15-17-19-21-23-25-30-60)31-40(62)54-44(36(8)61)50(67)56-41(32(2)3)47(64)53-35(7)51(68)59-29-26-28-39(59)46(63)57-43/h30,32-39,41-45,61H,11-29,31H2,1-10H3,(H,53,64)(H,54,62)(H,55,66)(H,56,67)(H,57,63)(H,58,65)/t34-,35-,36+,37+,38+,39+,41-,42-,43+,44-,45-/m0/s1. The molecule has 0 saturated carbocycles. The number of cyclic esters (lactones) is 1. The van der Waals surface area contributed by atoms with Gasteiger partial charge in [0.05, 0.1) is 18.6 Å². The average molecular weight is 1010 g/mol. The number of esters is 1. The van der Waals surface area contributed by atoms with Crippen molar-refractivity contribution < 1.29 is 57.7 Å². The second kappa shape index (κ2) is 33.2. The van der Waals surface area contributed by atoms with Gasteiger partial charge >= 0.3 is 5.97 Å². The predicted molar refractivity (Wildman–Crippen MR) is 269 cm³/mol.